The molecule has 37 heavy (non-hydrogen) atoms. The fourth-order valence-corrected chi connectivity index (χ4v) is 4.05. The van der Waals surface area contributed by atoms with Gasteiger partial charge in [0.05, 0.1) is 12.6 Å². The summed E-state index contributed by atoms with van der Waals surface area (Å²) in [4.78, 5) is 48.5. The SMILES string of the molecule is CC(=O)C1CCCN(C(=O)[C@H](C)NC(=O)CNC(=O)[CH-]/C=C/c2ccc3ccc(C(C)C)cc3c2)N1.[Rb+]. The van der Waals surface area contributed by atoms with Gasteiger partial charge in [-0.2, -0.15) is 0 Å². The Balaban J connectivity index is 0.00000481. The van der Waals surface area contributed by atoms with E-state index in [1.165, 1.54) is 23.9 Å². The van der Waals surface area contributed by atoms with Gasteiger partial charge in [-0.05, 0) is 48.9 Å². The van der Waals surface area contributed by atoms with Crippen LogP contribution in [0, 0.1) is 6.42 Å². The molecule has 0 spiro atoms. The first-order valence-corrected chi connectivity index (χ1v) is 12.3. The molecule has 1 heterocycles. The molecule has 0 saturated carbocycles. The van der Waals surface area contributed by atoms with Gasteiger partial charge in [-0.25, -0.2) is 17.6 Å². The Morgan fingerprint density at radius 3 is 2.54 bits per heavy atom. The van der Waals surface area contributed by atoms with E-state index in [9.17, 15) is 19.2 Å². The summed E-state index contributed by atoms with van der Waals surface area (Å²) in [6.07, 6.45) is 6.22. The molecule has 0 aromatic heterocycles. The van der Waals surface area contributed by atoms with E-state index in [0.717, 1.165) is 16.3 Å². The van der Waals surface area contributed by atoms with Crippen LogP contribution in [0.15, 0.2) is 42.5 Å². The van der Waals surface area contributed by atoms with E-state index in [1.807, 2.05) is 18.2 Å². The Morgan fingerprint density at radius 2 is 1.84 bits per heavy atom. The van der Waals surface area contributed by atoms with Crippen molar-refractivity contribution in [2.75, 3.05) is 13.1 Å². The van der Waals surface area contributed by atoms with Crippen molar-refractivity contribution in [3.63, 3.8) is 0 Å². The Hall–Kier alpha value is -1.84. The fourth-order valence-electron chi connectivity index (χ4n) is 4.05. The van der Waals surface area contributed by atoms with Crippen molar-refractivity contribution in [2.45, 2.75) is 58.5 Å². The van der Waals surface area contributed by atoms with Crippen LogP contribution in [0.4, 0.5) is 0 Å². The number of rotatable bonds is 9. The van der Waals surface area contributed by atoms with Gasteiger partial charge in [0, 0.05) is 6.54 Å². The number of ketones is 1. The average molecular weight is 577 g/mol. The summed E-state index contributed by atoms with van der Waals surface area (Å²) >= 11 is 0. The second-order valence-electron chi connectivity index (χ2n) is 9.48. The molecular formula is C28H35N4O4Rb. The number of hydrazine groups is 1. The van der Waals surface area contributed by atoms with Crippen molar-refractivity contribution in [3.05, 3.63) is 60.0 Å². The molecule has 3 rings (SSSR count). The van der Waals surface area contributed by atoms with E-state index in [0.29, 0.717) is 25.3 Å². The number of carbonyl (C=O) groups is 4. The molecule has 192 valence electrons. The predicted octanol–water partition coefficient (Wildman–Crippen LogP) is -0.110. The summed E-state index contributed by atoms with van der Waals surface area (Å²) in [6, 6.07) is 11.4. The van der Waals surface area contributed by atoms with Gasteiger partial charge in [0.2, 0.25) is 5.91 Å². The second kappa shape index (κ2) is 14.9. The summed E-state index contributed by atoms with van der Waals surface area (Å²) in [7, 11) is 0. The number of benzene rings is 2. The van der Waals surface area contributed by atoms with Gasteiger partial charge in [-0.15, -0.1) is 12.0 Å². The number of carbonyl (C=O) groups excluding carboxylic acids is 4. The van der Waals surface area contributed by atoms with Crippen LogP contribution in [0.1, 0.15) is 57.6 Å². The van der Waals surface area contributed by atoms with E-state index in [2.05, 4.69) is 54.2 Å². The van der Waals surface area contributed by atoms with Gasteiger partial charge in [0.25, 0.3) is 5.91 Å². The first-order chi connectivity index (χ1) is 17.1. The maximum Gasteiger partial charge on any atom is 1.00 e. The van der Waals surface area contributed by atoms with Crippen LogP contribution in [-0.2, 0) is 19.2 Å². The zero-order valence-electron chi connectivity index (χ0n) is 22.3. The molecule has 0 aliphatic carbocycles. The Bertz CT molecular complexity index is 1160. The van der Waals surface area contributed by atoms with E-state index in [-0.39, 0.29) is 82.5 Å². The van der Waals surface area contributed by atoms with Gasteiger partial charge >= 0.3 is 58.2 Å². The Kier molecular flexibility index (Phi) is 12.7. The van der Waals surface area contributed by atoms with Crippen molar-refractivity contribution in [1.82, 2.24) is 21.1 Å². The van der Waals surface area contributed by atoms with Crippen molar-refractivity contribution in [1.29, 1.82) is 0 Å². The first kappa shape index (κ1) is 31.4. The van der Waals surface area contributed by atoms with Gasteiger partial charge in [-0.3, -0.25) is 24.2 Å². The van der Waals surface area contributed by atoms with Crippen LogP contribution >= 0.6 is 0 Å². The number of fused-ring (bicyclic) bond motifs is 1. The van der Waals surface area contributed by atoms with Crippen LogP contribution in [0.25, 0.3) is 16.8 Å². The van der Waals surface area contributed by atoms with Crippen molar-refractivity contribution < 1.29 is 77.4 Å². The molecule has 3 N–H and O–H groups in total. The standard InChI is InChI=1S/C28H35N4O4.Rb/c1-18(2)23-13-12-22-11-10-21(15-24(22)16-23)7-5-9-26(34)29-17-27(35)30-19(3)28(36)32-14-6-8-25(31-32)20(4)33;/h5,7,9-13,15-16,18-19,25,31H,6,8,14,17H2,1-4H3,(H,29,34)(H,30,35);/q-1;+1/b7-5+;/t19-,25?;/m0./s1. The first-order valence-electron chi connectivity index (χ1n) is 12.3. The van der Waals surface area contributed by atoms with Crippen molar-refractivity contribution in [2.24, 2.45) is 0 Å². The maximum atomic E-state index is 12.6. The minimum Gasteiger partial charge on any atom is -0.359 e. The molecule has 0 radical (unpaired) electrons. The maximum absolute atomic E-state index is 12.6. The molecule has 2 atom stereocenters. The summed E-state index contributed by atoms with van der Waals surface area (Å²) in [5.41, 5.74) is 5.15. The molecule has 1 fully saturated rings. The summed E-state index contributed by atoms with van der Waals surface area (Å²) in [5.74, 6) is -0.795. The molecule has 9 heteroatoms. The molecular weight excluding hydrogens is 542 g/mol. The van der Waals surface area contributed by atoms with Gasteiger partial charge in [0.15, 0.2) is 5.91 Å². The minimum absolute atomic E-state index is 0. The average Bonchev–Trinajstić information content (AvgIpc) is 2.86. The van der Waals surface area contributed by atoms with Crippen molar-refractivity contribution >= 4 is 40.4 Å². The number of nitrogens with one attached hydrogen (secondary N) is 3. The molecule has 1 unspecified atom stereocenters. The molecule has 2 aromatic carbocycles. The third-order valence-electron chi connectivity index (χ3n) is 6.21. The monoisotopic (exact) mass is 576 g/mol. The van der Waals surface area contributed by atoms with Crippen LogP contribution in [-0.4, -0.2) is 53.7 Å². The van der Waals surface area contributed by atoms with Crippen LogP contribution in [0.2, 0.25) is 0 Å². The number of nitrogens with zero attached hydrogens (tertiary/aromatic N) is 1. The smallest absolute Gasteiger partial charge is 0.359 e. The Labute approximate surface area is 267 Å². The Morgan fingerprint density at radius 1 is 1.11 bits per heavy atom. The normalized spacial score (nSPS) is 16.2. The fraction of sp³-hybridized carbons (Fsp3) is 0.393. The van der Waals surface area contributed by atoms with Crippen LogP contribution in [0.3, 0.4) is 0 Å². The summed E-state index contributed by atoms with van der Waals surface area (Å²) < 4.78 is 0. The van der Waals surface area contributed by atoms with Gasteiger partial charge in [0.1, 0.15) is 11.8 Å². The van der Waals surface area contributed by atoms with E-state index in [1.54, 1.807) is 13.0 Å². The third kappa shape index (κ3) is 9.44. The predicted molar refractivity (Wildman–Crippen MR) is 141 cm³/mol. The minimum atomic E-state index is -0.791. The molecule has 3 amide bonds. The number of hydrogen-bond donors (Lipinski definition) is 3. The summed E-state index contributed by atoms with van der Waals surface area (Å²) in [5, 5.41) is 8.79. The van der Waals surface area contributed by atoms with Crippen LogP contribution in [0.5, 0.6) is 0 Å². The van der Waals surface area contributed by atoms with E-state index >= 15 is 0 Å². The molecule has 8 nitrogen and oxygen atoms in total. The molecule has 1 aliphatic rings. The van der Waals surface area contributed by atoms with E-state index in [4.69, 9.17) is 0 Å². The molecule has 0 bridgehead atoms. The third-order valence-corrected chi connectivity index (χ3v) is 6.21. The number of Topliss-reactive ketones (excluding diaryl/α,β-unsaturated/α-hetero) is 1. The quantitative estimate of drug-likeness (QED) is 0.361. The van der Waals surface area contributed by atoms with Crippen molar-refractivity contribution in [3.8, 4) is 0 Å². The molecule has 1 saturated heterocycles. The molecule has 2 aromatic rings. The largest absolute Gasteiger partial charge is 1.00 e. The van der Waals surface area contributed by atoms with Crippen LogP contribution < -0.4 is 74.2 Å². The zero-order chi connectivity index (χ0) is 26.2. The zero-order valence-corrected chi connectivity index (χ0v) is 27.3. The molecule has 1 aliphatic heterocycles. The topological polar surface area (TPSA) is 108 Å². The van der Waals surface area contributed by atoms with Gasteiger partial charge < -0.3 is 10.6 Å². The number of hydrogen-bond acceptors (Lipinski definition) is 5. The second-order valence-corrected chi connectivity index (χ2v) is 9.48. The van der Waals surface area contributed by atoms with E-state index < -0.39 is 17.9 Å². The number of amides is 3. The van der Waals surface area contributed by atoms with Gasteiger partial charge in [-0.1, -0.05) is 50.2 Å². The summed E-state index contributed by atoms with van der Waals surface area (Å²) in [6.45, 7) is 7.59.